The van der Waals surface area contributed by atoms with Gasteiger partial charge in [0.25, 0.3) is 0 Å². The Labute approximate surface area is 167 Å². The second kappa shape index (κ2) is 10.6. The first-order chi connectivity index (χ1) is 13.5. The molecule has 0 radical (unpaired) electrons. The molecule has 164 valence electrons. The van der Waals surface area contributed by atoms with Crippen LogP contribution in [0.5, 0.6) is 0 Å². The molecule has 0 aromatic heterocycles. The summed E-state index contributed by atoms with van der Waals surface area (Å²) in [6, 6.07) is 0.739. The summed E-state index contributed by atoms with van der Waals surface area (Å²) in [5.74, 6) is 0. The summed E-state index contributed by atoms with van der Waals surface area (Å²) in [6.07, 6.45) is 2.79. The monoisotopic (exact) mass is 403 g/mol. The Bertz CT molecular complexity index is 471. The third-order valence-electron chi connectivity index (χ3n) is 6.08. The number of nitrogens with zero attached hydrogens (tertiary/aromatic N) is 1. The summed E-state index contributed by atoms with van der Waals surface area (Å²) >= 11 is 0. The smallest absolute Gasteiger partial charge is 0.125 e. The van der Waals surface area contributed by atoms with E-state index in [0.29, 0.717) is 31.7 Å². The number of likely N-dealkylation sites (tertiary alicyclic amines) is 1. The molecule has 8 nitrogen and oxygen atoms in total. The highest BCUT2D eigenvalue weighted by molar-refractivity contribution is 4.89. The zero-order valence-electron chi connectivity index (χ0n) is 17.4. The molecule has 9 heteroatoms. The Morgan fingerprint density at radius 2 is 2.00 bits per heavy atom. The van der Waals surface area contributed by atoms with Gasteiger partial charge in [-0.15, -0.1) is 0 Å². The number of methoxy groups -OCH3 is 1. The van der Waals surface area contributed by atoms with Crippen LogP contribution in [0.25, 0.3) is 0 Å². The molecule has 0 bridgehead atoms. The first-order valence-corrected chi connectivity index (χ1v) is 10.6. The van der Waals surface area contributed by atoms with Gasteiger partial charge in [0, 0.05) is 38.8 Å². The van der Waals surface area contributed by atoms with Gasteiger partial charge in [0.05, 0.1) is 31.1 Å². The zero-order valence-corrected chi connectivity index (χ0v) is 17.4. The van der Waals surface area contributed by atoms with Gasteiger partial charge in [-0.1, -0.05) is 0 Å². The zero-order chi connectivity index (χ0) is 20.1. The fourth-order valence-electron chi connectivity index (χ4n) is 4.50. The number of β-amino-alcohol motifs (C(OH)–C–C–N with tert-alkyl or cyclic N) is 1. The summed E-state index contributed by atoms with van der Waals surface area (Å²) in [5, 5.41) is 24.2. The first-order valence-electron chi connectivity index (χ1n) is 10.6. The predicted molar refractivity (Wildman–Crippen MR) is 106 cm³/mol. The van der Waals surface area contributed by atoms with E-state index in [9.17, 15) is 9.50 Å². The van der Waals surface area contributed by atoms with Crippen LogP contribution in [-0.4, -0.2) is 99.4 Å². The number of hydrogen-bond donors (Lipinski definition) is 5. The molecule has 0 amide bonds. The molecular formula is C19H38FN5O3. The summed E-state index contributed by atoms with van der Waals surface area (Å²) in [4.78, 5) is 1.91. The van der Waals surface area contributed by atoms with E-state index in [1.807, 2.05) is 11.9 Å². The normalized spacial score (nSPS) is 38.9. The fourth-order valence-corrected chi connectivity index (χ4v) is 4.50. The van der Waals surface area contributed by atoms with Gasteiger partial charge in [0.2, 0.25) is 0 Å². The van der Waals surface area contributed by atoms with Crippen molar-refractivity contribution in [2.75, 3.05) is 40.4 Å². The largest absolute Gasteiger partial charge is 0.389 e. The first kappa shape index (κ1) is 22.3. The molecule has 2 aliphatic heterocycles. The number of alkyl halides is 1. The van der Waals surface area contributed by atoms with E-state index >= 15 is 0 Å². The van der Waals surface area contributed by atoms with Crippen molar-refractivity contribution in [2.24, 2.45) is 0 Å². The van der Waals surface area contributed by atoms with Crippen LogP contribution < -0.4 is 21.3 Å². The van der Waals surface area contributed by atoms with Gasteiger partial charge in [0.1, 0.15) is 12.5 Å². The standard InChI is InChI=1S/C19H38FN5O3/c1-12-6-18(21-2)24-19(22-12)23-14-4-5-16(27-3)17(7-14)28-11-15(26)10-25-8-13(20)9-25/h12-19,21-24,26H,4-11H2,1-3H3. The SMILES string of the molecule is CNC1CC(C)NC(NC2CCC(OC)C(OCC(O)CN3CC(F)C3)C2)N1. The summed E-state index contributed by atoms with van der Waals surface area (Å²) in [5.41, 5.74) is 0. The summed E-state index contributed by atoms with van der Waals surface area (Å²) in [7, 11) is 3.69. The number of rotatable bonds is 9. The lowest BCUT2D eigenvalue weighted by Gasteiger charge is -2.41. The van der Waals surface area contributed by atoms with Crippen LogP contribution in [0.1, 0.15) is 32.6 Å². The van der Waals surface area contributed by atoms with Crippen molar-refractivity contribution in [1.82, 2.24) is 26.2 Å². The van der Waals surface area contributed by atoms with Crippen LogP contribution in [0.3, 0.4) is 0 Å². The minimum Gasteiger partial charge on any atom is -0.389 e. The molecule has 5 N–H and O–H groups in total. The Balaban J connectivity index is 1.44. The molecule has 2 saturated heterocycles. The van der Waals surface area contributed by atoms with Crippen molar-refractivity contribution in [3.8, 4) is 0 Å². The number of nitrogens with one attached hydrogen (secondary N) is 4. The quantitative estimate of drug-likeness (QED) is 0.347. The van der Waals surface area contributed by atoms with Crippen molar-refractivity contribution in [3.05, 3.63) is 0 Å². The number of hydrogen-bond acceptors (Lipinski definition) is 8. The molecule has 1 saturated carbocycles. The molecular weight excluding hydrogens is 365 g/mol. The van der Waals surface area contributed by atoms with Crippen molar-refractivity contribution in [3.63, 3.8) is 0 Å². The van der Waals surface area contributed by atoms with E-state index in [1.54, 1.807) is 7.11 Å². The van der Waals surface area contributed by atoms with Crippen molar-refractivity contribution < 1.29 is 19.0 Å². The van der Waals surface area contributed by atoms with Gasteiger partial charge in [-0.3, -0.25) is 20.9 Å². The minimum absolute atomic E-state index is 0.0423. The van der Waals surface area contributed by atoms with Crippen LogP contribution in [0.4, 0.5) is 4.39 Å². The molecule has 3 aliphatic rings. The van der Waals surface area contributed by atoms with E-state index in [2.05, 4.69) is 28.2 Å². The van der Waals surface area contributed by atoms with Crippen LogP contribution in [0, 0.1) is 0 Å². The van der Waals surface area contributed by atoms with E-state index in [4.69, 9.17) is 9.47 Å². The lowest BCUT2D eigenvalue weighted by Crippen LogP contribution is -2.68. The highest BCUT2D eigenvalue weighted by Gasteiger charge is 2.34. The summed E-state index contributed by atoms with van der Waals surface area (Å²) < 4.78 is 24.6. The van der Waals surface area contributed by atoms with Crippen molar-refractivity contribution in [2.45, 2.75) is 81.6 Å². The van der Waals surface area contributed by atoms with Crippen molar-refractivity contribution in [1.29, 1.82) is 0 Å². The number of aliphatic hydroxyl groups excluding tert-OH is 1. The van der Waals surface area contributed by atoms with Crippen LogP contribution in [0.2, 0.25) is 0 Å². The molecule has 7 atom stereocenters. The van der Waals surface area contributed by atoms with Gasteiger partial charge in [-0.2, -0.15) is 0 Å². The van der Waals surface area contributed by atoms with Gasteiger partial charge in [-0.25, -0.2) is 4.39 Å². The average molecular weight is 404 g/mol. The molecule has 0 aromatic rings. The maximum Gasteiger partial charge on any atom is 0.125 e. The molecule has 3 fully saturated rings. The fraction of sp³-hybridized carbons (Fsp3) is 1.00. The Kier molecular flexibility index (Phi) is 8.43. The van der Waals surface area contributed by atoms with Crippen LogP contribution in [-0.2, 0) is 9.47 Å². The second-order valence-electron chi connectivity index (χ2n) is 8.54. The predicted octanol–water partition coefficient (Wildman–Crippen LogP) is -0.656. The minimum atomic E-state index is -0.747. The van der Waals surface area contributed by atoms with Gasteiger partial charge in [0.15, 0.2) is 0 Å². The number of ether oxygens (including phenoxy) is 2. The Morgan fingerprint density at radius 1 is 1.21 bits per heavy atom. The molecule has 28 heavy (non-hydrogen) atoms. The maximum absolute atomic E-state index is 12.9. The molecule has 3 rings (SSSR count). The lowest BCUT2D eigenvalue weighted by molar-refractivity contribution is -0.108. The number of aliphatic hydroxyl groups is 1. The molecule has 0 aromatic carbocycles. The average Bonchev–Trinajstić information content (AvgIpc) is 2.64. The van der Waals surface area contributed by atoms with Gasteiger partial charge in [-0.05, 0) is 39.7 Å². The van der Waals surface area contributed by atoms with E-state index in [0.717, 1.165) is 25.7 Å². The molecule has 0 spiro atoms. The third kappa shape index (κ3) is 6.30. The topological polar surface area (TPSA) is 90.0 Å². The van der Waals surface area contributed by atoms with E-state index < -0.39 is 12.3 Å². The summed E-state index contributed by atoms with van der Waals surface area (Å²) in [6.45, 7) is 3.74. The molecule has 2 heterocycles. The van der Waals surface area contributed by atoms with E-state index in [1.165, 1.54) is 0 Å². The van der Waals surface area contributed by atoms with E-state index in [-0.39, 0.29) is 31.3 Å². The van der Waals surface area contributed by atoms with Gasteiger partial charge < -0.3 is 19.9 Å². The highest BCUT2D eigenvalue weighted by atomic mass is 19.1. The molecule has 7 unspecified atom stereocenters. The second-order valence-corrected chi connectivity index (χ2v) is 8.54. The van der Waals surface area contributed by atoms with Crippen molar-refractivity contribution >= 4 is 0 Å². The highest BCUT2D eigenvalue weighted by Crippen LogP contribution is 2.25. The van der Waals surface area contributed by atoms with Crippen LogP contribution >= 0.6 is 0 Å². The Morgan fingerprint density at radius 3 is 2.68 bits per heavy atom. The van der Waals surface area contributed by atoms with Gasteiger partial charge >= 0.3 is 0 Å². The Hall–Kier alpha value is -0.390. The third-order valence-corrected chi connectivity index (χ3v) is 6.08. The maximum atomic E-state index is 12.9. The lowest BCUT2D eigenvalue weighted by atomic mass is 9.90. The number of halogens is 1. The van der Waals surface area contributed by atoms with Crippen LogP contribution in [0.15, 0.2) is 0 Å². The molecule has 1 aliphatic carbocycles.